The summed E-state index contributed by atoms with van der Waals surface area (Å²) in [6.07, 6.45) is -5.89. The lowest BCUT2D eigenvalue weighted by molar-refractivity contribution is -0.607. The number of benzene rings is 1. The number of ether oxygens (including phenoxy) is 2. The van der Waals surface area contributed by atoms with E-state index >= 15 is 0 Å². The highest BCUT2D eigenvalue weighted by molar-refractivity contribution is 5.97. The van der Waals surface area contributed by atoms with E-state index in [2.05, 4.69) is 5.32 Å². The molecule has 4 atom stereocenters. The maximum absolute atomic E-state index is 14.5. The van der Waals surface area contributed by atoms with Crippen molar-refractivity contribution in [3.8, 4) is 5.75 Å². The van der Waals surface area contributed by atoms with E-state index in [1.54, 1.807) is 0 Å². The number of carbonyl (C=O) groups excluding carboxylic acids is 2. The monoisotopic (exact) mass is 503 g/mol. The Kier molecular flexibility index (Phi) is 6.93. The van der Waals surface area contributed by atoms with Crippen molar-refractivity contribution in [3.05, 3.63) is 58.6 Å². The Morgan fingerprint density at radius 1 is 1.29 bits per heavy atom. The first-order chi connectivity index (χ1) is 16.2. The van der Waals surface area contributed by atoms with E-state index in [-0.39, 0.29) is 22.6 Å². The number of pyridine rings is 1. The highest BCUT2D eigenvalue weighted by Crippen LogP contribution is 2.55. The molecule has 0 bridgehead atoms. The van der Waals surface area contributed by atoms with Gasteiger partial charge in [-0.15, -0.1) is 0 Å². The van der Waals surface area contributed by atoms with Crippen LogP contribution in [0.3, 0.4) is 0 Å². The number of hydrogen-bond acceptors (Lipinski definition) is 5. The summed E-state index contributed by atoms with van der Waals surface area (Å²) in [6, 6.07) is 3.80. The number of nitrogens with zero attached hydrogens (tertiary/aromatic N) is 1. The van der Waals surface area contributed by atoms with Crippen molar-refractivity contribution in [2.75, 3.05) is 11.9 Å². The van der Waals surface area contributed by atoms with Gasteiger partial charge in [-0.2, -0.15) is 22.3 Å². The van der Waals surface area contributed by atoms with Crippen LogP contribution in [0.4, 0.5) is 27.6 Å². The minimum Gasteiger partial charge on any atom is -0.618 e. The number of hydrogen-bond donors (Lipinski definition) is 2. The number of rotatable bonds is 6. The van der Waals surface area contributed by atoms with Gasteiger partial charge in [-0.05, 0) is 19.9 Å². The minimum absolute atomic E-state index is 0.123. The van der Waals surface area contributed by atoms with E-state index in [9.17, 15) is 36.7 Å². The number of amides is 2. The molecule has 0 radical (unpaired) electrons. The fourth-order valence-electron chi connectivity index (χ4n) is 4.08. The fraction of sp³-hybridized carbons (Fsp3) is 0.409. The molecule has 0 aliphatic carbocycles. The topological polar surface area (TPSA) is 118 Å². The summed E-state index contributed by atoms with van der Waals surface area (Å²) >= 11 is 0. The molecule has 190 valence electrons. The van der Waals surface area contributed by atoms with Crippen molar-refractivity contribution in [2.24, 2.45) is 11.7 Å². The van der Waals surface area contributed by atoms with Crippen molar-refractivity contribution in [3.63, 3.8) is 0 Å². The second-order valence-corrected chi connectivity index (χ2v) is 8.15. The van der Waals surface area contributed by atoms with Crippen molar-refractivity contribution in [1.82, 2.24) is 0 Å². The van der Waals surface area contributed by atoms with Crippen LogP contribution in [0, 0.1) is 22.8 Å². The minimum atomic E-state index is -4.93. The molecule has 0 spiro atoms. The van der Waals surface area contributed by atoms with Crippen LogP contribution in [0.25, 0.3) is 0 Å². The number of alkyl halides is 3. The van der Waals surface area contributed by atoms with Gasteiger partial charge >= 0.3 is 12.1 Å². The SMILES string of the molecule is CCOc1c([C@@H]2[C@@H](C)[C@@](C)(C(F)(F)F)O[C@H]2C(=O)Nc2cc[n+]([O-])c(C(N)=O)c2)ccc(F)c1F. The predicted octanol–water partition coefficient (Wildman–Crippen LogP) is 3.17. The first kappa shape index (κ1) is 26.1. The normalized spacial score (nSPS) is 24.3. The molecule has 1 aromatic heterocycles. The van der Waals surface area contributed by atoms with Crippen LogP contribution in [-0.4, -0.2) is 36.3 Å². The summed E-state index contributed by atoms with van der Waals surface area (Å²) in [5.41, 5.74) is 1.44. The third-order valence-corrected chi connectivity index (χ3v) is 6.09. The predicted molar refractivity (Wildman–Crippen MR) is 111 cm³/mol. The Labute approximate surface area is 196 Å². The largest absolute Gasteiger partial charge is 0.618 e. The second kappa shape index (κ2) is 9.29. The Balaban J connectivity index is 2.09. The molecule has 1 aliphatic rings. The van der Waals surface area contributed by atoms with Gasteiger partial charge in [0.05, 0.1) is 12.3 Å². The molecule has 35 heavy (non-hydrogen) atoms. The maximum Gasteiger partial charge on any atom is 0.417 e. The summed E-state index contributed by atoms with van der Waals surface area (Å²) in [5, 5.41) is 14.0. The lowest BCUT2D eigenvalue weighted by atomic mass is 9.77. The molecule has 2 aromatic rings. The van der Waals surface area contributed by atoms with Crippen LogP contribution in [-0.2, 0) is 9.53 Å². The first-order valence-corrected chi connectivity index (χ1v) is 10.4. The summed E-state index contributed by atoms with van der Waals surface area (Å²) < 4.78 is 81.1. The lowest BCUT2D eigenvalue weighted by Crippen LogP contribution is -2.47. The maximum atomic E-state index is 14.5. The summed E-state index contributed by atoms with van der Waals surface area (Å²) in [7, 11) is 0. The third kappa shape index (κ3) is 4.59. The third-order valence-electron chi connectivity index (χ3n) is 6.09. The molecule has 1 saturated heterocycles. The van der Waals surface area contributed by atoms with Crippen molar-refractivity contribution >= 4 is 17.5 Å². The Morgan fingerprint density at radius 3 is 2.51 bits per heavy atom. The molecular formula is C22H22F5N3O5. The quantitative estimate of drug-likeness (QED) is 0.357. The Bertz CT molecular complexity index is 1160. The average molecular weight is 503 g/mol. The number of carbonyl (C=O) groups is 2. The zero-order valence-corrected chi connectivity index (χ0v) is 18.8. The molecule has 1 aliphatic heterocycles. The van der Waals surface area contributed by atoms with E-state index < -0.39 is 64.6 Å². The van der Waals surface area contributed by atoms with Crippen molar-refractivity contribution < 1.29 is 45.7 Å². The molecule has 3 N–H and O–H groups in total. The summed E-state index contributed by atoms with van der Waals surface area (Å²) in [5.74, 6) is -8.36. The zero-order valence-electron chi connectivity index (χ0n) is 18.8. The standard InChI is InChI=1S/C22H22F5N3O5/c1-4-34-17-12(5-6-13(23)16(17)24)15-10(2)21(3,22(25,26)27)35-18(15)20(32)29-11-7-8-30(33)14(9-11)19(28)31/h5-10,15,18H,4H2,1-3H3,(H2,28,31)(H,29,32)/t10-,15+,18-,21+/m1/s1. The van der Waals surface area contributed by atoms with Crippen LogP contribution in [0.1, 0.15) is 42.7 Å². The number of nitrogens with one attached hydrogen (secondary N) is 1. The van der Waals surface area contributed by atoms with Crippen LogP contribution >= 0.6 is 0 Å². The van der Waals surface area contributed by atoms with E-state index in [1.807, 2.05) is 0 Å². The summed E-state index contributed by atoms with van der Waals surface area (Å²) in [4.78, 5) is 24.5. The first-order valence-electron chi connectivity index (χ1n) is 10.4. The van der Waals surface area contributed by atoms with Crippen LogP contribution in [0.15, 0.2) is 30.5 Å². The van der Waals surface area contributed by atoms with Gasteiger partial charge in [0.2, 0.25) is 5.82 Å². The number of aromatic nitrogens is 1. The van der Waals surface area contributed by atoms with E-state index in [0.29, 0.717) is 0 Å². The van der Waals surface area contributed by atoms with Gasteiger partial charge in [0.1, 0.15) is 6.10 Å². The number of nitrogens with two attached hydrogens (primary N) is 1. The van der Waals surface area contributed by atoms with Gasteiger partial charge in [-0.3, -0.25) is 9.59 Å². The number of primary amides is 1. The molecule has 0 unspecified atom stereocenters. The smallest absolute Gasteiger partial charge is 0.417 e. The van der Waals surface area contributed by atoms with E-state index in [4.69, 9.17) is 15.2 Å². The van der Waals surface area contributed by atoms with Gasteiger partial charge in [0.25, 0.3) is 11.6 Å². The molecular weight excluding hydrogens is 481 g/mol. The van der Waals surface area contributed by atoms with Gasteiger partial charge in [-0.1, -0.05) is 13.0 Å². The Hall–Kier alpha value is -3.48. The second-order valence-electron chi connectivity index (χ2n) is 8.15. The zero-order chi connectivity index (χ0) is 26.3. The van der Waals surface area contributed by atoms with Crippen LogP contribution in [0.2, 0.25) is 0 Å². The van der Waals surface area contributed by atoms with E-state index in [0.717, 1.165) is 37.4 Å². The Morgan fingerprint density at radius 2 is 1.94 bits per heavy atom. The highest BCUT2D eigenvalue weighted by Gasteiger charge is 2.66. The van der Waals surface area contributed by atoms with Crippen molar-refractivity contribution in [1.29, 1.82) is 0 Å². The van der Waals surface area contributed by atoms with Gasteiger partial charge in [-0.25, -0.2) is 4.39 Å². The van der Waals surface area contributed by atoms with Crippen LogP contribution in [0.5, 0.6) is 5.75 Å². The van der Waals surface area contributed by atoms with Gasteiger partial charge in [0, 0.05) is 29.5 Å². The van der Waals surface area contributed by atoms with Gasteiger partial charge in [0.15, 0.2) is 23.4 Å². The van der Waals surface area contributed by atoms with Gasteiger partial charge < -0.3 is 25.7 Å². The molecule has 1 aromatic carbocycles. The lowest BCUT2D eigenvalue weighted by Gasteiger charge is -2.32. The highest BCUT2D eigenvalue weighted by atomic mass is 19.4. The molecule has 2 heterocycles. The average Bonchev–Trinajstić information content (AvgIpc) is 3.05. The van der Waals surface area contributed by atoms with E-state index in [1.165, 1.54) is 13.8 Å². The number of halogens is 5. The summed E-state index contributed by atoms with van der Waals surface area (Å²) in [6.45, 7) is 3.28. The molecule has 13 heteroatoms. The number of anilines is 1. The fourth-order valence-corrected chi connectivity index (χ4v) is 4.08. The molecule has 0 saturated carbocycles. The molecule has 3 rings (SSSR count). The molecule has 2 amide bonds. The van der Waals surface area contributed by atoms with Crippen molar-refractivity contribution in [2.45, 2.75) is 44.6 Å². The van der Waals surface area contributed by atoms with Crippen LogP contribution < -0.4 is 20.5 Å². The molecule has 8 nitrogen and oxygen atoms in total. The molecule has 1 fully saturated rings.